The molecular weight excluding hydrogens is 234 g/mol. The number of fused-ring (bicyclic) bond motifs is 2. The zero-order chi connectivity index (χ0) is 12.8. The van der Waals surface area contributed by atoms with E-state index in [2.05, 4.69) is 47.8 Å². The Morgan fingerprint density at radius 1 is 0.895 bits per heavy atom. The molecule has 0 bridgehead atoms. The number of benzene rings is 2. The Morgan fingerprint density at radius 2 is 1.68 bits per heavy atom. The highest BCUT2D eigenvalue weighted by atomic mass is 16.1. The summed E-state index contributed by atoms with van der Waals surface area (Å²) in [6.45, 7) is 0. The number of aryl methyl sites for hydroxylation is 1. The molecule has 4 rings (SSSR count). The topological polar surface area (TPSA) is 29.1 Å². The van der Waals surface area contributed by atoms with Gasteiger partial charge in [0.25, 0.3) is 0 Å². The van der Waals surface area contributed by atoms with E-state index in [4.69, 9.17) is 0 Å². The summed E-state index contributed by atoms with van der Waals surface area (Å²) in [5.74, 6) is 0.173. The number of rotatable bonds is 0. The Morgan fingerprint density at radius 3 is 2.63 bits per heavy atom. The smallest absolute Gasteiger partial charge is 0.220 e. The molecule has 1 amide bonds. The van der Waals surface area contributed by atoms with Crippen LogP contribution in [-0.2, 0) is 17.6 Å². The van der Waals surface area contributed by atoms with Crippen LogP contribution >= 0.6 is 0 Å². The maximum Gasteiger partial charge on any atom is 0.220 e. The number of hydrogen-bond donors (Lipinski definition) is 1. The summed E-state index contributed by atoms with van der Waals surface area (Å²) in [6.07, 6.45) is 2.36. The van der Waals surface area contributed by atoms with Gasteiger partial charge in [0.15, 0.2) is 0 Å². The Labute approximate surface area is 112 Å². The van der Waals surface area contributed by atoms with Gasteiger partial charge in [0.1, 0.15) is 0 Å². The summed E-state index contributed by atoms with van der Waals surface area (Å²) in [7, 11) is 0. The first-order chi connectivity index (χ1) is 9.33. The number of amides is 1. The molecule has 1 aliphatic heterocycles. The number of nitrogens with one attached hydrogen (secondary N) is 1. The van der Waals surface area contributed by atoms with Crippen LogP contribution in [0, 0.1) is 0 Å². The molecule has 2 aromatic rings. The first-order valence-electron chi connectivity index (χ1n) is 6.82. The van der Waals surface area contributed by atoms with Crippen molar-refractivity contribution in [2.75, 3.05) is 0 Å². The molecule has 1 unspecified atom stereocenters. The van der Waals surface area contributed by atoms with Crippen LogP contribution < -0.4 is 5.32 Å². The summed E-state index contributed by atoms with van der Waals surface area (Å²) in [4.78, 5) is 11.9. The van der Waals surface area contributed by atoms with Crippen molar-refractivity contribution in [3.8, 4) is 11.1 Å². The van der Waals surface area contributed by atoms with Gasteiger partial charge >= 0.3 is 0 Å². The van der Waals surface area contributed by atoms with Crippen LogP contribution in [0.3, 0.4) is 0 Å². The van der Waals surface area contributed by atoms with Gasteiger partial charge in [-0.1, -0.05) is 42.5 Å². The molecule has 1 heterocycles. The van der Waals surface area contributed by atoms with Crippen LogP contribution in [0.1, 0.15) is 29.2 Å². The quantitative estimate of drug-likeness (QED) is 0.764. The van der Waals surface area contributed by atoms with E-state index < -0.39 is 0 Å². The van der Waals surface area contributed by atoms with Crippen molar-refractivity contribution in [3.05, 3.63) is 59.2 Å². The third-order valence-corrected chi connectivity index (χ3v) is 4.23. The van der Waals surface area contributed by atoms with E-state index in [0.717, 1.165) is 12.8 Å². The average molecular weight is 249 g/mol. The minimum absolute atomic E-state index is 0.149. The average Bonchev–Trinajstić information content (AvgIpc) is 2.60. The predicted molar refractivity (Wildman–Crippen MR) is 74.8 cm³/mol. The van der Waals surface area contributed by atoms with E-state index in [1.807, 2.05) is 0 Å². The lowest BCUT2D eigenvalue weighted by molar-refractivity contribution is -0.121. The van der Waals surface area contributed by atoms with Crippen LogP contribution in [0.5, 0.6) is 0 Å². The number of hydrogen-bond acceptors (Lipinski definition) is 1. The maximum atomic E-state index is 11.9. The largest absolute Gasteiger partial charge is 0.349 e. The van der Waals surface area contributed by atoms with Crippen molar-refractivity contribution in [1.29, 1.82) is 0 Å². The van der Waals surface area contributed by atoms with Crippen molar-refractivity contribution < 1.29 is 4.79 Å². The zero-order valence-electron chi connectivity index (χ0n) is 10.6. The van der Waals surface area contributed by atoms with Crippen LogP contribution in [0.25, 0.3) is 11.1 Å². The van der Waals surface area contributed by atoms with Gasteiger partial charge in [0.05, 0.1) is 6.04 Å². The van der Waals surface area contributed by atoms with E-state index in [1.54, 1.807) is 0 Å². The molecule has 2 aliphatic rings. The van der Waals surface area contributed by atoms with Crippen LogP contribution in [0.4, 0.5) is 0 Å². The molecule has 2 nitrogen and oxygen atoms in total. The first-order valence-corrected chi connectivity index (χ1v) is 6.82. The molecule has 0 saturated carbocycles. The fraction of sp³-hybridized carbons (Fsp3) is 0.235. The Kier molecular flexibility index (Phi) is 2.25. The van der Waals surface area contributed by atoms with Gasteiger partial charge in [-0.25, -0.2) is 0 Å². The number of carbonyl (C=O) groups excluding carboxylic acids is 1. The monoisotopic (exact) mass is 249 g/mol. The molecule has 1 N–H and O–H groups in total. The molecule has 2 heteroatoms. The summed E-state index contributed by atoms with van der Waals surface area (Å²) in [5, 5.41) is 3.18. The molecule has 2 aromatic carbocycles. The van der Waals surface area contributed by atoms with Gasteiger partial charge in [0.2, 0.25) is 5.91 Å². The molecule has 19 heavy (non-hydrogen) atoms. The highest BCUT2D eigenvalue weighted by Gasteiger charge is 2.29. The number of carbonyl (C=O) groups is 1. The predicted octanol–water partition coefficient (Wildman–Crippen LogP) is 3.01. The molecule has 0 radical (unpaired) electrons. The van der Waals surface area contributed by atoms with E-state index in [-0.39, 0.29) is 11.9 Å². The summed E-state index contributed by atoms with van der Waals surface area (Å²) in [5.41, 5.74) is 6.63. The third-order valence-electron chi connectivity index (χ3n) is 4.23. The molecule has 0 spiro atoms. The second kappa shape index (κ2) is 3.95. The van der Waals surface area contributed by atoms with E-state index in [9.17, 15) is 4.79 Å². The van der Waals surface area contributed by atoms with Gasteiger partial charge in [-0.2, -0.15) is 0 Å². The maximum absolute atomic E-state index is 11.9. The summed E-state index contributed by atoms with van der Waals surface area (Å²) < 4.78 is 0. The van der Waals surface area contributed by atoms with Gasteiger partial charge < -0.3 is 5.32 Å². The van der Waals surface area contributed by atoms with Crippen LogP contribution in [-0.4, -0.2) is 5.91 Å². The highest BCUT2D eigenvalue weighted by Crippen LogP contribution is 2.41. The lowest BCUT2D eigenvalue weighted by atomic mass is 9.80. The Bertz CT molecular complexity index is 675. The second-order valence-electron chi connectivity index (χ2n) is 5.36. The van der Waals surface area contributed by atoms with Gasteiger partial charge in [0, 0.05) is 6.42 Å². The summed E-state index contributed by atoms with van der Waals surface area (Å²) in [6, 6.07) is 15.1. The lowest BCUT2D eigenvalue weighted by Gasteiger charge is -2.28. The molecule has 94 valence electrons. The highest BCUT2D eigenvalue weighted by molar-refractivity contribution is 5.82. The first kappa shape index (κ1) is 10.8. The second-order valence-corrected chi connectivity index (χ2v) is 5.36. The minimum Gasteiger partial charge on any atom is -0.349 e. The molecule has 0 fully saturated rings. The van der Waals surface area contributed by atoms with E-state index >= 15 is 0 Å². The van der Waals surface area contributed by atoms with Crippen molar-refractivity contribution >= 4 is 5.91 Å². The van der Waals surface area contributed by atoms with Crippen LogP contribution in [0.2, 0.25) is 0 Å². The standard InChI is InChI=1S/C17H15NO/c19-16-9-8-11-5-3-7-14-13-6-2-1-4-12(13)10-15(18-16)17(11)14/h1-7,15H,8-10H2,(H,18,19). The fourth-order valence-electron chi connectivity index (χ4n) is 3.40. The lowest BCUT2D eigenvalue weighted by Crippen LogP contribution is -2.30. The SMILES string of the molecule is O=C1CCc2cccc3c2C(Cc2ccccc2-3)N1. The Hall–Kier alpha value is -2.09. The molecular formula is C17H15NO. The van der Waals surface area contributed by atoms with Crippen molar-refractivity contribution in [3.63, 3.8) is 0 Å². The Balaban J connectivity index is 1.99. The van der Waals surface area contributed by atoms with Gasteiger partial charge in [-0.3, -0.25) is 4.79 Å². The molecule has 1 atom stereocenters. The van der Waals surface area contributed by atoms with Gasteiger partial charge in [-0.15, -0.1) is 0 Å². The van der Waals surface area contributed by atoms with Crippen LogP contribution in [0.15, 0.2) is 42.5 Å². The molecule has 0 saturated heterocycles. The minimum atomic E-state index is 0.149. The molecule has 1 aliphatic carbocycles. The van der Waals surface area contributed by atoms with Crippen molar-refractivity contribution in [2.24, 2.45) is 0 Å². The van der Waals surface area contributed by atoms with E-state index in [0.29, 0.717) is 6.42 Å². The van der Waals surface area contributed by atoms with E-state index in [1.165, 1.54) is 27.8 Å². The summed E-state index contributed by atoms with van der Waals surface area (Å²) >= 11 is 0. The fourth-order valence-corrected chi connectivity index (χ4v) is 3.40. The van der Waals surface area contributed by atoms with Crippen molar-refractivity contribution in [1.82, 2.24) is 5.32 Å². The third kappa shape index (κ3) is 1.60. The molecule has 0 aromatic heterocycles. The normalized spacial score (nSPS) is 20.0. The van der Waals surface area contributed by atoms with Gasteiger partial charge in [-0.05, 0) is 40.7 Å². The van der Waals surface area contributed by atoms with Crippen molar-refractivity contribution in [2.45, 2.75) is 25.3 Å². The zero-order valence-corrected chi connectivity index (χ0v) is 10.6.